The lowest BCUT2D eigenvalue weighted by molar-refractivity contribution is -0.133. The van der Waals surface area contributed by atoms with Crippen LogP contribution in [0.2, 0.25) is 0 Å². The molecule has 0 aromatic heterocycles. The lowest BCUT2D eigenvalue weighted by atomic mass is 9.96. The van der Waals surface area contributed by atoms with E-state index in [1.54, 1.807) is 4.90 Å². The van der Waals surface area contributed by atoms with Crippen LogP contribution in [0.25, 0.3) is 0 Å². The van der Waals surface area contributed by atoms with Gasteiger partial charge in [-0.3, -0.25) is 4.79 Å². The normalized spacial score (nSPS) is 23.6. The molecule has 1 heterocycles. The van der Waals surface area contributed by atoms with Crippen LogP contribution in [0.3, 0.4) is 0 Å². The fraction of sp³-hybridized carbons (Fsp3) is 0.467. The zero-order valence-electron chi connectivity index (χ0n) is 11.5. The van der Waals surface area contributed by atoms with Crippen LogP contribution in [0.1, 0.15) is 24.8 Å². The van der Waals surface area contributed by atoms with Gasteiger partial charge in [-0.2, -0.15) is 0 Å². The van der Waals surface area contributed by atoms with Gasteiger partial charge in [0, 0.05) is 6.54 Å². The van der Waals surface area contributed by atoms with Crippen LogP contribution in [0, 0.1) is 5.92 Å². The third kappa shape index (κ3) is 2.83. The van der Waals surface area contributed by atoms with Gasteiger partial charge in [-0.05, 0) is 17.9 Å². The van der Waals surface area contributed by atoms with E-state index in [0.717, 1.165) is 12.0 Å². The van der Waals surface area contributed by atoms with Crippen molar-refractivity contribution in [1.29, 1.82) is 0 Å². The van der Waals surface area contributed by atoms with Gasteiger partial charge in [-0.15, -0.1) is 0 Å². The molecule has 1 aliphatic heterocycles. The van der Waals surface area contributed by atoms with Crippen LogP contribution in [-0.2, 0) is 4.79 Å². The van der Waals surface area contributed by atoms with Crippen molar-refractivity contribution in [2.45, 2.75) is 25.3 Å². The van der Waals surface area contributed by atoms with Crippen molar-refractivity contribution < 1.29 is 9.90 Å². The first-order valence-electron chi connectivity index (χ1n) is 6.82. The van der Waals surface area contributed by atoms with Gasteiger partial charge in [-0.25, -0.2) is 0 Å². The van der Waals surface area contributed by atoms with E-state index in [4.69, 9.17) is 18.0 Å². The summed E-state index contributed by atoms with van der Waals surface area (Å²) in [6, 6.07) is 9.19. The average molecular weight is 292 g/mol. The van der Waals surface area contributed by atoms with Crippen LogP contribution in [0.5, 0.6) is 0 Å². The van der Waals surface area contributed by atoms with Crippen molar-refractivity contribution in [2.24, 2.45) is 11.7 Å². The third-order valence-corrected chi connectivity index (χ3v) is 4.25. The Morgan fingerprint density at radius 3 is 2.70 bits per heavy atom. The van der Waals surface area contributed by atoms with Crippen molar-refractivity contribution in [3.05, 3.63) is 35.9 Å². The minimum absolute atomic E-state index is 0.0221. The number of benzene rings is 1. The number of aliphatic hydroxyl groups excluding tert-OH is 1. The van der Waals surface area contributed by atoms with Gasteiger partial charge in [0.15, 0.2) is 0 Å². The number of aliphatic hydroxyl groups is 1. The Morgan fingerprint density at radius 2 is 2.15 bits per heavy atom. The molecule has 4 nitrogen and oxygen atoms in total. The third-order valence-electron chi connectivity index (χ3n) is 4.02. The molecule has 0 bridgehead atoms. The average Bonchev–Trinajstić information content (AvgIpc) is 2.80. The Hall–Kier alpha value is -1.46. The Balaban J connectivity index is 2.27. The zero-order valence-corrected chi connectivity index (χ0v) is 12.3. The molecular formula is C15H20N2O2S. The number of likely N-dealkylation sites (tertiary alicyclic amines) is 1. The number of hydrogen-bond acceptors (Lipinski definition) is 3. The zero-order chi connectivity index (χ0) is 14.7. The number of nitrogens with two attached hydrogens (primary N) is 1. The molecule has 1 aromatic rings. The minimum Gasteiger partial charge on any atom is -0.394 e. The highest BCUT2D eigenvalue weighted by atomic mass is 32.1. The molecule has 0 spiro atoms. The van der Waals surface area contributed by atoms with E-state index in [1.165, 1.54) is 0 Å². The SMILES string of the molecule is CC1CCN(C(=O)C(C(N)=S)c2ccccc2)C1CO. The molecule has 2 rings (SSSR count). The lowest BCUT2D eigenvalue weighted by Gasteiger charge is -2.29. The highest BCUT2D eigenvalue weighted by Crippen LogP contribution is 2.28. The summed E-state index contributed by atoms with van der Waals surface area (Å²) in [7, 11) is 0. The molecule has 1 aliphatic rings. The molecule has 5 heteroatoms. The summed E-state index contributed by atoms with van der Waals surface area (Å²) in [5.41, 5.74) is 6.59. The standard InChI is InChI=1S/C15H20N2O2S/c1-10-7-8-17(12(10)9-18)15(19)13(14(16)20)11-5-3-2-4-6-11/h2-6,10,12-13,18H,7-9H2,1H3,(H2,16,20). The van der Waals surface area contributed by atoms with Crippen LogP contribution in [-0.4, -0.2) is 40.1 Å². The van der Waals surface area contributed by atoms with E-state index in [-0.39, 0.29) is 23.5 Å². The Labute approximate surface area is 124 Å². The number of thiocarbonyl (C=S) groups is 1. The molecule has 3 atom stereocenters. The van der Waals surface area contributed by atoms with Crippen molar-refractivity contribution in [3.8, 4) is 0 Å². The van der Waals surface area contributed by atoms with Gasteiger partial charge in [0.1, 0.15) is 5.92 Å². The van der Waals surface area contributed by atoms with Gasteiger partial charge in [-0.1, -0.05) is 49.5 Å². The van der Waals surface area contributed by atoms with Crippen LogP contribution >= 0.6 is 12.2 Å². The molecule has 0 aliphatic carbocycles. The summed E-state index contributed by atoms with van der Waals surface area (Å²) in [5, 5.41) is 9.49. The monoisotopic (exact) mass is 292 g/mol. The van der Waals surface area contributed by atoms with Gasteiger partial charge >= 0.3 is 0 Å². The van der Waals surface area contributed by atoms with E-state index in [1.807, 2.05) is 37.3 Å². The Bertz CT molecular complexity index is 492. The van der Waals surface area contributed by atoms with E-state index in [9.17, 15) is 9.90 Å². The van der Waals surface area contributed by atoms with Crippen molar-refractivity contribution in [3.63, 3.8) is 0 Å². The molecule has 20 heavy (non-hydrogen) atoms. The summed E-state index contributed by atoms with van der Waals surface area (Å²) < 4.78 is 0. The second-order valence-corrected chi connectivity index (χ2v) is 5.76. The number of nitrogens with zero attached hydrogens (tertiary/aromatic N) is 1. The van der Waals surface area contributed by atoms with E-state index in [2.05, 4.69) is 0 Å². The molecule has 3 unspecified atom stereocenters. The summed E-state index contributed by atoms with van der Waals surface area (Å²) in [4.78, 5) is 14.7. The lowest BCUT2D eigenvalue weighted by Crippen LogP contribution is -2.45. The second-order valence-electron chi connectivity index (χ2n) is 5.29. The molecule has 1 aromatic carbocycles. The van der Waals surface area contributed by atoms with Crippen LogP contribution < -0.4 is 5.73 Å². The second kappa shape index (κ2) is 6.33. The van der Waals surface area contributed by atoms with Crippen LogP contribution in [0.4, 0.5) is 0 Å². The van der Waals surface area contributed by atoms with Crippen molar-refractivity contribution in [2.75, 3.05) is 13.2 Å². The number of hydrogen-bond donors (Lipinski definition) is 2. The first-order chi connectivity index (χ1) is 9.56. The predicted octanol–water partition coefficient (Wildman–Crippen LogP) is 1.29. The molecule has 0 radical (unpaired) electrons. The number of carbonyl (C=O) groups is 1. The van der Waals surface area contributed by atoms with Gasteiger partial charge in [0.25, 0.3) is 0 Å². The van der Waals surface area contributed by atoms with E-state index in [0.29, 0.717) is 12.5 Å². The molecule has 1 amide bonds. The predicted molar refractivity (Wildman–Crippen MR) is 82.3 cm³/mol. The molecule has 0 saturated carbocycles. The summed E-state index contributed by atoms with van der Waals surface area (Å²) in [6.07, 6.45) is 0.899. The fourth-order valence-electron chi connectivity index (χ4n) is 2.80. The molecule has 3 N–H and O–H groups in total. The maximum atomic E-state index is 12.7. The Morgan fingerprint density at radius 1 is 1.50 bits per heavy atom. The van der Waals surface area contributed by atoms with Crippen LogP contribution in [0.15, 0.2) is 30.3 Å². The minimum atomic E-state index is -0.606. The number of rotatable bonds is 4. The van der Waals surface area contributed by atoms with Gasteiger partial charge in [0.05, 0.1) is 17.6 Å². The highest BCUT2D eigenvalue weighted by molar-refractivity contribution is 7.80. The fourth-order valence-corrected chi connectivity index (χ4v) is 3.04. The number of carbonyl (C=O) groups excluding carboxylic acids is 1. The quantitative estimate of drug-likeness (QED) is 0.821. The molecule has 108 valence electrons. The van der Waals surface area contributed by atoms with Gasteiger partial charge < -0.3 is 15.7 Å². The van der Waals surface area contributed by atoms with E-state index >= 15 is 0 Å². The maximum Gasteiger partial charge on any atom is 0.237 e. The molecular weight excluding hydrogens is 272 g/mol. The van der Waals surface area contributed by atoms with Crippen molar-refractivity contribution in [1.82, 2.24) is 4.90 Å². The first-order valence-corrected chi connectivity index (χ1v) is 7.22. The molecule has 1 fully saturated rings. The smallest absolute Gasteiger partial charge is 0.237 e. The largest absolute Gasteiger partial charge is 0.394 e. The summed E-state index contributed by atoms with van der Waals surface area (Å²) in [6.45, 7) is 2.68. The van der Waals surface area contributed by atoms with Gasteiger partial charge in [0.2, 0.25) is 5.91 Å². The summed E-state index contributed by atoms with van der Waals surface area (Å²) in [5.74, 6) is -0.413. The van der Waals surface area contributed by atoms with E-state index < -0.39 is 5.92 Å². The highest BCUT2D eigenvalue weighted by Gasteiger charge is 2.38. The number of amides is 1. The molecule has 1 saturated heterocycles. The first kappa shape index (κ1) is 14.9. The topological polar surface area (TPSA) is 66.6 Å². The Kier molecular flexibility index (Phi) is 4.73. The summed E-state index contributed by atoms with van der Waals surface area (Å²) >= 11 is 5.08. The van der Waals surface area contributed by atoms with Crippen molar-refractivity contribution >= 4 is 23.1 Å². The maximum absolute atomic E-state index is 12.7.